The summed E-state index contributed by atoms with van der Waals surface area (Å²) in [7, 11) is -6.47. The van der Waals surface area contributed by atoms with E-state index in [4.69, 9.17) is 9.47 Å². The molecule has 0 radical (unpaired) electrons. The van der Waals surface area contributed by atoms with E-state index in [0.717, 1.165) is 25.7 Å². The van der Waals surface area contributed by atoms with Crippen molar-refractivity contribution in [2.75, 3.05) is 51.0 Å². The molecule has 2 N–H and O–H groups in total. The largest absolute Gasteiger partial charge is 0.378 e. The standard InChI is InChI=1S/C22H48N2O6S2/c1-3-5-7-9-11-13-21-31(25,26)23-15-17-29-19-20-30-18-16-24-32(27,28)22-14-12-10-8-6-4-2/h23-24H,3-22H2,1-2H3. The van der Waals surface area contributed by atoms with Gasteiger partial charge in [0.2, 0.25) is 20.0 Å². The highest BCUT2D eigenvalue weighted by Gasteiger charge is 2.09. The average Bonchev–Trinajstić information content (AvgIpc) is 2.74. The molecule has 0 atom stereocenters. The third-order valence-electron chi connectivity index (χ3n) is 5.04. The molecule has 0 fully saturated rings. The zero-order chi connectivity index (χ0) is 24.0. The van der Waals surface area contributed by atoms with Crippen LogP contribution in [0.1, 0.15) is 90.9 Å². The lowest BCUT2D eigenvalue weighted by molar-refractivity contribution is 0.0522. The Bertz CT molecular complexity index is 558. The summed E-state index contributed by atoms with van der Waals surface area (Å²) in [5.74, 6) is 0.327. The van der Waals surface area contributed by atoms with Gasteiger partial charge in [-0.15, -0.1) is 0 Å². The number of sulfonamides is 2. The first kappa shape index (κ1) is 31.7. The maximum Gasteiger partial charge on any atom is 0.211 e. The van der Waals surface area contributed by atoms with Crippen LogP contribution in [0.4, 0.5) is 0 Å². The normalized spacial score (nSPS) is 12.4. The lowest BCUT2D eigenvalue weighted by Crippen LogP contribution is -2.30. The van der Waals surface area contributed by atoms with Gasteiger partial charge in [0.05, 0.1) is 37.9 Å². The van der Waals surface area contributed by atoms with Crippen molar-refractivity contribution in [1.29, 1.82) is 0 Å². The van der Waals surface area contributed by atoms with E-state index in [9.17, 15) is 16.8 Å². The second-order valence-corrected chi connectivity index (χ2v) is 12.0. The molecule has 0 aromatic heterocycles. The van der Waals surface area contributed by atoms with Crippen LogP contribution in [0.25, 0.3) is 0 Å². The molecule has 8 nitrogen and oxygen atoms in total. The molecule has 10 heteroatoms. The van der Waals surface area contributed by atoms with Gasteiger partial charge in [-0.3, -0.25) is 0 Å². The van der Waals surface area contributed by atoms with Gasteiger partial charge in [-0.1, -0.05) is 78.1 Å². The lowest BCUT2D eigenvalue weighted by atomic mass is 10.1. The van der Waals surface area contributed by atoms with Gasteiger partial charge in [-0.2, -0.15) is 0 Å². The smallest absolute Gasteiger partial charge is 0.211 e. The zero-order valence-electron chi connectivity index (χ0n) is 20.4. The summed E-state index contributed by atoms with van der Waals surface area (Å²) in [6.07, 6.45) is 12.6. The maximum absolute atomic E-state index is 11.9. The first-order chi connectivity index (χ1) is 15.3. The monoisotopic (exact) mass is 500 g/mol. The van der Waals surface area contributed by atoms with Gasteiger partial charge in [-0.25, -0.2) is 26.3 Å². The molecule has 0 amide bonds. The Hall–Kier alpha value is -0.260. The molecule has 0 heterocycles. The Kier molecular flexibility index (Phi) is 21.1. The summed E-state index contributed by atoms with van der Waals surface area (Å²) in [6.45, 7) is 6.05. The molecule has 0 aliphatic carbocycles. The van der Waals surface area contributed by atoms with Crippen molar-refractivity contribution >= 4 is 20.0 Å². The fourth-order valence-corrected chi connectivity index (χ4v) is 5.40. The van der Waals surface area contributed by atoms with Crippen molar-refractivity contribution in [3.05, 3.63) is 0 Å². The highest BCUT2D eigenvalue weighted by Crippen LogP contribution is 2.06. The molecule has 0 aliphatic rings. The molecule has 0 unspecified atom stereocenters. The molecule has 0 saturated carbocycles. The van der Waals surface area contributed by atoms with Gasteiger partial charge < -0.3 is 9.47 Å². The first-order valence-electron chi connectivity index (χ1n) is 12.4. The molecule has 0 aromatic carbocycles. The number of hydrogen-bond acceptors (Lipinski definition) is 6. The summed E-state index contributed by atoms with van der Waals surface area (Å²) < 4.78 is 63.3. The predicted octanol–water partition coefficient (Wildman–Crippen LogP) is 3.58. The zero-order valence-corrected chi connectivity index (χ0v) is 22.0. The van der Waals surface area contributed by atoms with Crippen LogP contribution in [0, 0.1) is 0 Å². The third-order valence-corrected chi connectivity index (χ3v) is 7.98. The lowest BCUT2D eigenvalue weighted by Gasteiger charge is -2.09. The second kappa shape index (κ2) is 21.3. The predicted molar refractivity (Wildman–Crippen MR) is 132 cm³/mol. The van der Waals surface area contributed by atoms with Gasteiger partial charge in [0.15, 0.2) is 0 Å². The number of unbranched alkanes of at least 4 members (excludes halogenated alkanes) is 10. The fourth-order valence-electron chi connectivity index (χ4n) is 3.15. The van der Waals surface area contributed by atoms with Gasteiger partial charge in [0, 0.05) is 13.1 Å². The summed E-state index contributed by atoms with van der Waals surface area (Å²) in [5.41, 5.74) is 0. The molecule has 0 rings (SSSR count). The Balaban J connectivity index is 3.50. The summed E-state index contributed by atoms with van der Waals surface area (Å²) >= 11 is 0. The van der Waals surface area contributed by atoms with E-state index in [1.165, 1.54) is 38.5 Å². The Morgan fingerprint density at radius 1 is 0.500 bits per heavy atom. The number of nitrogens with one attached hydrogen (secondary N) is 2. The molecular weight excluding hydrogens is 452 g/mol. The molecule has 32 heavy (non-hydrogen) atoms. The minimum absolute atomic E-state index is 0.164. The Morgan fingerprint density at radius 2 is 0.844 bits per heavy atom. The van der Waals surface area contributed by atoms with Gasteiger partial charge >= 0.3 is 0 Å². The van der Waals surface area contributed by atoms with Gasteiger partial charge in [0.1, 0.15) is 0 Å². The van der Waals surface area contributed by atoms with Crippen molar-refractivity contribution in [2.24, 2.45) is 0 Å². The van der Waals surface area contributed by atoms with E-state index in [0.29, 0.717) is 26.1 Å². The minimum Gasteiger partial charge on any atom is -0.378 e. The molecule has 0 aromatic rings. The highest BCUT2D eigenvalue weighted by molar-refractivity contribution is 7.89. The molecule has 0 spiro atoms. The van der Waals surface area contributed by atoms with Gasteiger partial charge in [-0.05, 0) is 12.8 Å². The van der Waals surface area contributed by atoms with Crippen molar-refractivity contribution in [2.45, 2.75) is 90.9 Å². The Morgan fingerprint density at radius 3 is 1.22 bits per heavy atom. The number of ether oxygens (including phenoxy) is 2. The first-order valence-corrected chi connectivity index (χ1v) is 15.7. The third kappa shape index (κ3) is 22.9. The maximum atomic E-state index is 11.9. The Labute approximate surface area is 197 Å². The average molecular weight is 501 g/mol. The molecular formula is C22H48N2O6S2. The minimum atomic E-state index is -3.23. The summed E-state index contributed by atoms with van der Waals surface area (Å²) in [6, 6.07) is 0. The van der Waals surface area contributed by atoms with E-state index >= 15 is 0 Å². The summed E-state index contributed by atoms with van der Waals surface area (Å²) in [5, 5.41) is 0. The quantitative estimate of drug-likeness (QED) is 0.185. The van der Waals surface area contributed by atoms with Crippen molar-refractivity contribution < 1.29 is 26.3 Å². The fraction of sp³-hybridized carbons (Fsp3) is 1.00. The van der Waals surface area contributed by atoms with E-state index in [-0.39, 0.29) is 37.8 Å². The van der Waals surface area contributed by atoms with Crippen LogP contribution in [-0.2, 0) is 29.5 Å². The molecule has 0 saturated heterocycles. The van der Waals surface area contributed by atoms with Crippen LogP contribution in [-0.4, -0.2) is 67.9 Å². The van der Waals surface area contributed by atoms with E-state index in [1.54, 1.807) is 0 Å². The van der Waals surface area contributed by atoms with Crippen molar-refractivity contribution in [3.8, 4) is 0 Å². The second-order valence-electron chi connectivity index (χ2n) is 8.19. The number of rotatable bonds is 25. The summed E-state index contributed by atoms with van der Waals surface area (Å²) in [4.78, 5) is 0. The molecule has 0 aliphatic heterocycles. The van der Waals surface area contributed by atoms with Crippen LogP contribution in [0.2, 0.25) is 0 Å². The molecule has 194 valence electrons. The van der Waals surface area contributed by atoms with Gasteiger partial charge in [0.25, 0.3) is 0 Å². The van der Waals surface area contributed by atoms with Crippen LogP contribution in [0.3, 0.4) is 0 Å². The van der Waals surface area contributed by atoms with E-state index in [1.807, 2.05) is 0 Å². The highest BCUT2D eigenvalue weighted by atomic mass is 32.2. The SMILES string of the molecule is CCCCCCCCS(=O)(=O)NCCOCCOCCNS(=O)(=O)CCCCCCCC. The van der Waals surface area contributed by atoms with E-state index < -0.39 is 20.0 Å². The van der Waals surface area contributed by atoms with Crippen LogP contribution >= 0.6 is 0 Å². The molecule has 0 bridgehead atoms. The van der Waals surface area contributed by atoms with Crippen LogP contribution < -0.4 is 9.44 Å². The van der Waals surface area contributed by atoms with Crippen LogP contribution in [0.15, 0.2) is 0 Å². The van der Waals surface area contributed by atoms with E-state index in [2.05, 4.69) is 23.3 Å². The number of hydrogen-bond donors (Lipinski definition) is 2. The van der Waals surface area contributed by atoms with Crippen molar-refractivity contribution in [3.63, 3.8) is 0 Å². The van der Waals surface area contributed by atoms with Crippen molar-refractivity contribution in [1.82, 2.24) is 9.44 Å². The van der Waals surface area contributed by atoms with Crippen LogP contribution in [0.5, 0.6) is 0 Å². The topological polar surface area (TPSA) is 111 Å².